The molecule has 1 saturated carbocycles. The summed E-state index contributed by atoms with van der Waals surface area (Å²) in [5, 5.41) is 10.8. The molecule has 0 aromatic rings. The molecule has 3 aliphatic carbocycles. The van der Waals surface area contributed by atoms with Crippen LogP contribution in [-0.2, 0) is 4.79 Å². The van der Waals surface area contributed by atoms with Crippen LogP contribution >= 0.6 is 0 Å². The first-order valence-electron chi connectivity index (χ1n) is 7.77. The number of rotatable bonds is 3. The van der Waals surface area contributed by atoms with Crippen LogP contribution in [0.3, 0.4) is 0 Å². The number of unbranched alkanes of at least 4 members (excludes halogenated alkanes) is 1. The number of hydrogen-bond donors (Lipinski definition) is 1. The van der Waals surface area contributed by atoms with Crippen LogP contribution in [0, 0.1) is 5.41 Å². The number of carbonyl (C=O) groups is 1. The van der Waals surface area contributed by atoms with Crippen molar-refractivity contribution in [3.63, 3.8) is 0 Å². The Hall–Kier alpha value is -1.15. The fourth-order valence-corrected chi connectivity index (χ4v) is 4.09. The highest BCUT2D eigenvalue weighted by atomic mass is 16.3. The minimum Gasteiger partial charge on any atom is -0.381 e. The molecule has 0 aromatic carbocycles. The van der Waals surface area contributed by atoms with Gasteiger partial charge in [0.2, 0.25) is 0 Å². The summed E-state index contributed by atoms with van der Waals surface area (Å²) in [5.74, 6) is -0.0681. The van der Waals surface area contributed by atoms with Gasteiger partial charge in [-0.3, -0.25) is 4.79 Å². The smallest absolute Gasteiger partial charge is 0.195 e. The minimum absolute atomic E-state index is 0.0681. The summed E-state index contributed by atoms with van der Waals surface area (Å²) in [5.41, 5.74) is 4.24. The summed E-state index contributed by atoms with van der Waals surface area (Å²) < 4.78 is 0. The van der Waals surface area contributed by atoms with Crippen LogP contribution in [0.1, 0.15) is 59.8 Å². The molecular weight excluding hydrogens is 248 g/mol. The van der Waals surface area contributed by atoms with Gasteiger partial charge in [0, 0.05) is 11.0 Å². The Bertz CT molecular complexity index is 581. The molecule has 3 rings (SSSR count). The van der Waals surface area contributed by atoms with Gasteiger partial charge in [0.15, 0.2) is 5.78 Å². The topological polar surface area (TPSA) is 37.3 Å². The average molecular weight is 272 g/mol. The second-order valence-electron chi connectivity index (χ2n) is 6.81. The quantitative estimate of drug-likeness (QED) is 0.847. The van der Waals surface area contributed by atoms with Crippen LogP contribution in [0.5, 0.6) is 0 Å². The summed E-state index contributed by atoms with van der Waals surface area (Å²) in [4.78, 5) is 12.7. The van der Waals surface area contributed by atoms with E-state index in [4.69, 9.17) is 0 Å². The molecular formula is C18H24O2. The first-order chi connectivity index (χ1) is 9.37. The number of allylic oxidation sites excluding steroid dienone is 4. The molecule has 0 radical (unpaired) electrons. The summed E-state index contributed by atoms with van der Waals surface area (Å²) in [6.45, 7) is 8.13. The fourth-order valence-electron chi connectivity index (χ4n) is 4.09. The normalized spacial score (nSPS) is 31.1. The molecule has 2 heteroatoms. The first-order valence-corrected chi connectivity index (χ1v) is 7.77. The van der Waals surface area contributed by atoms with Crippen molar-refractivity contribution in [1.82, 2.24) is 0 Å². The second kappa shape index (κ2) is 4.17. The van der Waals surface area contributed by atoms with E-state index >= 15 is 0 Å². The van der Waals surface area contributed by atoms with Crippen molar-refractivity contribution in [3.8, 4) is 0 Å². The molecule has 2 nitrogen and oxygen atoms in total. The number of aliphatic hydroxyl groups is 1. The van der Waals surface area contributed by atoms with Gasteiger partial charge in [0.25, 0.3) is 0 Å². The van der Waals surface area contributed by atoms with Gasteiger partial charge in [-0.1, -0.05) is 18.9 Å². The van der Waals surface area contributed by atoms with E-state index in [0.29, 0.717) is 0 Å². The van der Waals surface area contributed by atoms with Crippen molar-refractivity contribution < 1.29 is 9.90 Å². The highest BCUT2D eigenvalue weighted by Gasteiger charge is 2.64. The molecule has 0 bridgehead atoms. The van der Waals surface area contributed by atoms with E-state index in [9.17, 15) is 9.90 Å². The maximum Gasteiger partial charge on any atom is 0.195 e. The lowest BCUT2D eigenvalue weighted by atomic mass is 9.67. The lowest BCUT2D eigenvalue weighted by molar-refractivity contribution is -0.137. The minimum atomic E-state index is -1.22. The van der Waals surface area contributed by atoms with E-state index in [1.807, 2.05) is 6.08 Å². The summed E-state index contributed by atoms with van der Waals surface area (Å²) >= 11 is 0. The van der Waals surface area contributed by atoms with Gasteiger partial charge in [0.1, 0.15) is 5.60 Å². The maximum atomic E-state index is 12.7. The Balaban J connectivity index is 2.13. The van der Waals surface area contributed by atoms with Crippen molar-refractivity contribution in [3.05, 3.63) is 33.9 Å². The SMILES string of the molecule is CCCCC1=C(C)C=C2C(=O)[C@](C)(O)C3(CC3)C(C)=C21. The van der Waals surface area contributed by atoms with Crippen molar-refractivity contribution in [2.24, 2.45) is 5.41 Å². The zero-order valence-electron chi connectivity index (χ0n) is 13.0. The molecule has 0 aromatic heterocycles. The molecule has 1 atom stereocenters. The van der Waals surface area contributed by atoms with Gasteiger partial charge in [-0.25, -0.2) is 0 Å². The number of fused-ring (bicyclic) bond motifs is 1. The van der Waals surface area contributed by atoms with Gasteiger partial charge in [-0.15, -0.1) is 0 Å². The van der Waals surface area contributed by atoms with Crippen molar-refractivity contribution in [2.45, 2.75) is 65.4 Å². The Morgan fingerprint density at radius 1 is 1.30 bits per heavy atom. The second-order valence-corrected chi connectivity index (χ2v) is 6.81. The molecule has 20 heavy (non-hydrogen) atoms. The van der Waals surface area contributed by atoms with Crippen LogP contribution in [0.15, 0.2) is 33.9 Å². The molecule has 1 spiro atoms. The van der Waals surface area contributed by atoms with Gasteiger partial charge in [-0.05, 0) is 69.2 Å². The third-order valence-electron chi connectivity index (χ3n) is 5.65. The number of carbonyl (C=O) groups excluding carboxylic acids is 1. The number of hydrogen-bond acceptors (Lipinski definition) is 2. The predicted molar refractivity (Wildman–Crippen MR) is 80.3 cm³/mol. The van der Waals surface area contributed by atoms with Crippen molar-refractivity contribution in [1.29, 1.82) is 0 Å². The Labute approximate surface area is 121 Å². The van der Waals surface area contributed by atoms with Crippen LogP contribution in [0.25, 0.3) is 0 Å². The van der Waals surface area contributed by atoms with E-state index < -0.39 is 5.60 Å². The van der Waals surface area contributed by atoms with E-state index in [1.165, 1.54) is 22.3 Å². The summed E-state index contributed by atoms with van der Waals surface area (Å²) in [7, 11) is 0. The van der Waals surface area contributed by atoms with E-state index in [0.717, 1.165) is 37.7 Å². The lowest BCUT2D eigenvalue weighted by Crippen LogP contribution is -2.49. The molecule has 1 fully saturated rings. The maximum absolute atomic E-state index is 12.7. The van der Waals surface area contributed by atoms with Crippen molar-refractivity contribution >= 4 is 5.78 Å². The van der Waals surface area contributed by atoms with Crippen LogP contribution < -0.4 is 0 Å². The zero-order chi connectivity index (χ0) is 14.7. The van der Waals surface area contributed by atoms with Crippen LogP contribution in [-0.4, -0.2) is 16.5 Å². The largest absolute Gasteiger partial charge is 0.381 e. The standard InChI is InChI=1S/C18H24O2/c1-5-6-7-13-11(2)10-14-15(13)12(3)18(8-9-18)17(4,20)16(14)19/h10,20H,5-9H2,1-4H3/t17-/m0/s1. The average Bonchev–Trinajstić information content (AvgIpc) is 3.14. The van der Waals surface area contributed by atoms with E-state index in [1.54, 1.807) is 6.92 Å². The van der Waals surface area contributed by atoms with Gasteiger partial charge < -0.3 is 5.11 Å². The van der Waals surface area contributed by atoms with Gasteiger partial charge in [0.05, 0.1) is 0 Å². The third-order valence-corrected chi connectivity index (χ3v) is 5.65. The van der Waals surface area contributed by atoms with E-state index in [-0.39, 0.29) is 11.2 Å². The predicted octanol–water partition coefficient (Wildman–Crippen LogP) is 3.86. The monoisotopic (exact) mass is 272 g/mol. The van der Waals surface area contributed by atoms with E-state index in [2.05, 4.69) is 20.8 Å². The molecule has 0 amide bonds. The molecule has 1 N–H and O–H groups in total. The first kappa shape index (κ1) is 13.8. The van der Waals surface area contributed by atoms with Gasteiger partial charge in [-0.2, -0.15) is 0 Å². The van der Waals surface area contributed by atoms with Crippen molar-refractivity contribution in [2.75, 3.05) is 0 Å². The molecule has 108 valence electrons. The highest BCUT2D eigenvalue weighted by molar-refractivity contribution is 6.10. The molecule has 0 heterocycles. The third kappa shape index (κ3) is 1.52. The van der Waals surface area contributed by atoms with Crippen LogP contribution in [0.2, 0.25) is 0 Å². The Morgan fingerprint density at radius 2 is 1.95 bits per heavy atom. The Kier molecular flexibility index (Phi) is 2.88. The molecule has 0 unspecified atom stereocenters. The zero-order valence-corrected chi connectivity index (χ0v) is 13.0. The Morgan fingerprint density at radius 3 is 2.50 bits per heavy atom. The van der Waals surface area contributed by atoms with Crippen LogP contribution in [0.4, 0.5) is 0 Å². The summed E-state index contributed by atoms with van der Waals surface area (Å²) in [6.07, 6.45) is 7.23. The number of ketones is 1. The lowest BCUT2D eigenvalue weighted by Gasteiger charge is -2.39. The molecule has 0 saturated heterocycles. The summed E-state index contributed by atoms with van der Waals surface area (Å²) in [6, 6.07) is 0. The molecule has 3 aliphatic rings. The molecule has 0 aliphatic heterocycles. The number of Topliss-reactive ketones (excluding diaryl/α,β-unsaturated/α-hetero) is 1. The van der Waals surface area contributed by atoms with Gasteiger partial charge >= 0.3 is 0 Å². The highest BCUT2D eigenvalue weighted by Crippen LogP contribution is 2.65. The fraction of sp³-hybridized carbons (Fsp3) is 0.611.